The molecule has 21 heavy (non-hydrogen) atoms. The number of aromatic nitrogens is 1. The maximum atomic E-state index is 11.5. The Hall–Kier alpha value is -2.37. The van der Waals surface area contributed by atoms with Gasteiger partial charge in [-0.2, -0.15) is 0 Å². The normalized spacial score (nSPS) is 13.8. The average Bonchev–Trinajstić information content (AvgIpc) is 2.42. The van der Waals surface area contributed by atoms with Gasteiger partial charge in [-0.05, 0) is 30.9 Å². The Morgan fingerprint density at radius 1 is 1.33 bits per heavy atom. The molecule has 2 aromatic rings. The van der Waals surface area contributed by atoms with Crippen LogP contribution in [0.3, 0.4) is 0 Å². The second-order valence-corrected chi connectivity index (χ2v) is 5.31. The summed E-state index contributed by atoms with van der Waals surface area (Å²) in [6, 6.07) is 6.01. The van der Waals surface area contributed by atoms with Crippen molar-refractivity contribution in [3.63, 3.8) is 0 Å². The molecule has 0 spiro atoms. The Labute approximate surface area is 121 Å². The molecule has 0 fully saturated rings. The molecule has 0 aliphatic heterocycles. The number of carbonyl (C=O) groups is 1. The highest BCUT2D eigenvalue weighted by Gasteiger charge is 2.16. The summed E-state index contributed by atoms with van der Waals surface area (Å²) in [5.41, 5.74) is 0.631. The van der Waals surface area contributed by atoms with Crippen molar-refractivity contribution in [1.29, 1.82) is 0 Å². The van der Waals surface area contributed by atoms with Crippen molar-refractivity contribution < 1.29 is 14.3 Å². The largest absolute Gasteiger partial charge is 0.480 e. The summed E-state index contributed by atoms with van der Waals surface area (Å²) in [5.74, 6) is -1.26. The van der Waals surface area contributed by atoms with Crippen LogP contribution in [0.25, 0.3) is 11.0 Å². The molecule has 112 valence electrons. The average molecular weight is 290 g/mol. The first kappa shape index (κ1) is 15.0. The van der Waals surface area contributed by atoms with Crippen molar-refractivity contribution in [3.05, 3.63) is 40.3 Å². The smallest absolute Gasteiger partial charge is 0.418 e. The molecule has 2 rings (SSSR count). The predicted octanol–water partition coefficient (Wildman–Crippen LogP) is 1.91. The first-order valence-electron chi connectivity index (χ1n) is 6.86. The Kier molecular flexibility index (Phi) is 4.57. The number of H-pyrrole nitrogens is 1. The molecule has 0 amide bonds. The van der Waals surface area contributed by atoms with Crippen molar-refractivity contribution in [2.45, 2.75) is 32.7 Å². The first-order valence-corrected chi connectivity index (χ1v) is 6.86. The van der Waals surface area contributed by atoms with Crippen LogP contribution < -0.4 is 11.2 Å². The van der Waals surface area contributed by atoms with Crippen LogP contribution in [0.2, 0.25) is 0 Å². The zero-order valence-electron chi connectivity index (χ0n) is 12.0. The van der Waals surface area contributed by atoms with Crippen LogP contribution in [0.1, 0.15) is 26.7 Å². The van der Waals surface area contributed by atoms with Gasteiger partial charge in [0.1, 0.15) is 17.1 Å². The minimum Gasteiger partial charge on any atom is -0.480 e. The number of rotatable bonds is 5. The lowest BCUT2D eigenvalue weighted by molar-refractivity contribution is -0.138. The standard InChI is InChI=1S/C15H18N2O4/c1-9(2)7-8-11(14(18)19)16-13-10-5-3-4-6-12(10)21-15(20)17-13/h3-6,9,11H,7-8H2,1-2H3,(H,18,19)(H,16,17,20). The van der Waals surface area contributed by atoms with E-state index in [1.165, 1.54) is 0 Å². The highest BCUT2D eigenvalue weighted by atomic mass is 16.4. The summed E-state index contributed by atoms with van der Waals surface area (Å²) >= 11 is 0. The van der Waals surface area contributed by atoms with Crippen LogP contribution in [0, 0.1) is 5.92 Å². The lowest BCUT2D eigenvalue weighted by Crippen LogP contribution is -2.26. The van der Waals surface area contributed by atoms with E-state index in [2.05, 4.69) is 9.98 Å². The first-order chi connectivity index (χ1) is 9.97. The van der Waals surface area contributed by atoms with Crippen molar-refractivity contribution in [2.24, 2.45) is 10.9 Å². The fraction of sp³-hybridized carbons (Fsp3) is 0.400. The zero-order chi connectivity index (χ0) is 15.4. The maximum absolute atomic E-state index is 11.5. The Morgan fingerprint density at radius 2 is 2.05 bits per heavy atom. The van der Waals surface area contributed by atoms with Crippen LogP contribution in [0.4, 0.5) is 0 Å². The molecule has 0 aliphatic carbocycles. The van der Waals surface area contributed by atoms with Gasteiger partial charge in [0.25, 0.3) is 0 Å². The number of carboxylic acid groups (broad SMARTS) is 1. The number of aromatic amines is 1. The van der Waals surface area contributed by atoms with Gasteiger partial charge in [0.2, 0.25) is 0 Å². The van der Waals surface area contributed by atoms with Crippen molar-refractivity contribution in [2.75, 3.05) is 0 Å². The SMILES string of the molecule is CC(C)CCC(/N=c1\[nH]c(=O)oc2ccccc12)C(=O)O. The number of fused-ring (bicyclic) bond motifs is 1. The van der Waals surface area contributed by atoms with Gasteiger partial charge in [0.15, 0.2) is 0 Å². The summed E-state index contributed by atoms with van der Waals surface area (Å²) in [4.78, 5) is 29.5. The molecule has 1 aromatic carbocycles. The third kappa shape index (κ3) is 3.81. The molecule has 1 aromatic heterocycles. The van der Waals surface area contributed by atoms with Crippen LogP contribution in [0.15, 0.2) is 38.5 Å². The predicted molar refractivity (Wildman–Crippen MR) is 77.9 cm³/mol. The highest BCUT2D eigenvalue weighted by molar-refractivity contribution is 5.76. The Bertz CT molecular complexity index is 758. The number of para-hydroxylation sites is 1. The molecule has 0 radical (unpaired) electrons. The van der Waals surface area contributed by atoms with Gasteiger partial charge in [0, 0.05) is 0 Å². The third-order valence-electron chi connectivity index (χ3n) is 3.15. The van der Waals surface area contributed by atoms with Crippen molar-refractivity contribution in [1.82, 2.24) is 4.98 Å². The van der Waals surface area contributed by atoms with E-state index in [1.54, 1.807) is 24.3 Å². The van der Waals surface area contributed by atoms with E-state index >= 15 is 0 Å². The third-order valence-corrected chi connectivity index (χ3v) is 3.15. The fourth-order valence-electron chi connectivity index (χ4n) is 2.03. The number of carboxylic acids is 1. The van der Waals surface area contributed by atoms with Crippen LogP contribution in [-0.2, 0) is 4.79 Å². The lowest BCUT2D eigenvalue weighted by atomic mass is 10.0. The number of nitrogens with one attached hydrogen (secondary N) is 1. The van der Waals surface area contributed by atoms with Gasteiger partial charge in [-0.3, -0.25) is 9.98 Å². The van der Waals surface area contributed by atoms with Crippen molar-refractivity contribution >= 4 is 16.9 Å². The van der Waals surface area contributed by atoms with E-state index in [0.717, 1.165) is 6.42 Å². The zero-order valence-corrected chi connectivity index (χ0v) is 12.0. The summed E-state index contributed by atoms with van der Waals surface area (Å²) in [5, 5.41) is 9.87. The van der Waals surface area contributed by atoms with Gasteiger partial charge in [-0.1, -0.05) is 26.0 Å². The van der Waals surface area contributed by atoms with E-state index in [0.29, 0.717) is 23.3 Å². The number of benzene rings is 1. The van der Waals surface area contributed by atoms with Gasteiger partial charge in [0.05, 0.1) is 5.39 Å². The molecule has 2 N–H and O–H groups in total. The van der Waals surface area contributed by atoms with E-state index in [4.69, 9.17) is 4.42 Å². The topological polar surface area (TPSA) is 95.7 Å². The monoisotopic (exact) mass is 290 g/mol. The molecular weight excluding hydrogens is 272 g/mol. The Balaban J connectivity index is 2.51. The van der Waals surface area contributed by atoms with Crippen LogP contribution in [-0.4, -0.2) is 22.1 Å². The molecule has 1 heterocycles. The van der Waals surface area contributed by atoms with Crippen LogP contribution >= 0.6 is 0 Å². The van der Waals surface area contributed by atoms with E-state index in [9.17, 15) is 14.7 Å². The second-order valence-electron chi connectivity index (χ2n) is 5.31. The van der Waals surface area contributed by atoms with Gasteiger partial charge < -0.3 is 9.52 Å². The highest BCUT2D eigenvalue weighted by Crippen LogP contribution is 2.10. The molecule has 0 saturated heterocycles. The van der Waals surface area contributed by atoms with Gasteiger partial charge in [-0.15, -0.1) is 0 Å². The molecule has 1 atom stereocenters. The lowest BCUT2D eigenvalue weighted by Gasteiger charge is -2.09. The molecule has 1 unspecified atom stereocenters. The molecule has 6 heteroatoms. The van der Waals surface area contributed by atoms with Crippen molar-refractivity contribution in [3.8, 4) is 0 Å². The summed E-state index contributed by atoms with van der Waals surface area (Å²) in [7, 11) is 0. The van der Waals surface area contributed by atoms with E-state index in [-0.39, 0.29) is 5.49 Å². The summed E-state index contributed by atoms with van der Waals surface area (Å²) < 4.78 is 5.02. The van der Waals surface area contributed by atoms with Crippen LogP contribution in [0.5, 0.6) is 0 Å². The molecule has 6 nitrogen and oxygen atoms in total. The van der Waals surface area contributed by atoms with Gasteiger partial charge in [-0.25, -0.2) is 9.59 Å². The number of nitrogens with zero attached hydrogens (tertiary/aromatic N) is 1. The van der Waals surface area contributed by atoms with E-state index in [1.807, 2.05) is 13.8 Å². The maximum Gasteiger partial charge on any atom is 0.418 e. The number of hydrogen-bond acceptors (Lipinski definition) is 4. The summed E-state index contributed by atoms with van der Waals surface area (Å²) in [6.07, 6.45) is 1.18. The minimum atomic E-state index is -0.999. The molecule has 0 bridgehead atoms. The van der Waals surface area contributed by atoms with E-state index < -0.39 is 17.8 Å². The molecule has 0 aliphatic rings. The fourth-order valence-corrected chi connectivity index (χ4v) is 2.03. The number of hydrogen-bond donors (Lipinski definition) is 2. The number of aliphatic carboxylic acids is 1. The molecule has 0 saturated carbocycles. The quantitative estimate of drug-likeness (QED) is 0.879. The second kappa shape index (κ2) is 6.39. The Morgan fingerprint density at radius 3 is 2.71 bits per heavy atom. The summed E-state index contributed by atoms with van der Waals surface area (Å²) in [6.45, 7) is 4.05. The minimum absolute atomic E-state index is 0.248. The molecular formula is C15H18N2O4. The van der Waals surface area contributed by atoms with Gasteiger partial charge >= 0.3 is 11.7 Å².